The number of hydrogen-bond acceptors (Lipinski definition) is 4. The van der Waals surface area contributed by atoms with Crippen molar-refractivity contribution in [3.63, 3.8) is 0 Å². The summed E-state index contributed by atoms with van der Waals surface area (Å²) in [6.45, 7) is 1.18. The minimum absolute atomic E-state index is 0.111. The maximum absolute atomic E-state index is 14.1. The Morgan fingerprint density at radius 2 is 2.18 bits per heavy atom. The van der Waals surface area contributed by atoms with Gasteiger partial charge in [-0.25, -0.2) is 19.2 Å². The summed E-state index contributed by atoms with van der Waals surface area (Å²) in [5.74, 6) is -0.498. The average Bonchev–Trinajstić information content (AvgIpc) is 3.39. The van der Waals surface area contributed by atoms with Gasteiger partial charge in [0.15, 0.2) is 0 Å². The third-order valence-corrected chi connectivity index (χ3v) is 4.39. The number of urea groups is 1. The van der Waals surface area contributed by atoms with Crippen molar-refractivity contribution in [1.29, 1.82) is 0 Å². The quantitative estimate of drug-likeness (QED) is 0.707. The third-order valence-electron chi connectivity index (χ3n) is 4.39. The van der Waals surface area contributed by atoms with Gasteiger partial charge in [0, 0.05) is 43.9 Å². The topological polar surface area (TPSA) is 92.2 Å². The van der Waals surface area contributed by atoms with Crippen LogP contribution in [-0.2, 0) is 6.54 Å². The lowest BCUT2D eigenvalue weighted by atomic mass is 10.1. The zero-order chi connectivity index (χ0) is 19.5. The molecule has 4 rings (SSSR count). The van der Waals surface area contributed by atoms with Gasteiger partial charge in [-0.3, -0.25) is 14.3 Å². The minimum atomic E-state index is -0.644. The number of nitrogens with one attached hydrogen (secondary N) is 2. The van der Waals surface area contributed by atoms with Gasteiger partial charge in [0.2, 0.25) is 0 Å². The lowest BCUT2D eigenvalue weighted by Crippen LogP contribution is -2.29. The van der Waals surface area contributed by atoms with Crippen molar-refractivity contribution in [1.82, 2.24) is 25.2 Å². The first-order valence-electron chi connectivity index (χ1n) is 8.68. The Kier molecular flexibility index (Phi) is 4.71. The van der Waals surface area contributed by atoms with Gasteiger partial charge in [0.05, 0.1) is 5.56 Å². The highest BCUT2D eigenvalue weighted by atomic mass is 19.1. The number of amides is 3. The maximum Gasteiger partial charge on any atom is 0.321 e. The number of hydrogen-bond donors (Lipinski definition) is 2. The number of carbonyl (C=O) groups excluding carboxylic acids is 2. The van der Waals surface area contributed by atoms with Gasteiger partial charge in [-0.2, -0.15) is 0 Å². The van der Waals surface area contributed by atoms with E-state index in [9.17, 15) is 14.0 Å². The number of aromatic nitrogens is 3. The van der Waals surface area contributed by atoms with Gasteiger partial charge in [-0.05, 0) is 29.8 Å². The number of halogens is 1. The number of anilines is 1. The van der Waals surface area contributed by atoms with E-state index in [1.165, 1.54) is 23.1 Å². The summed E-state index contributed by atoms with van der Waals surface area (Å²) < 4.78 is 15.9. The second kappa shape index (κ2) is 7.47. The summed E-state index contributed by atoms with van der Waals surface area (Å²) in [4.78, 5) is 34.0. The van der Waals surface area contributed by atoms with E-state index in [2.05, 4.69) is 20.6 Å². The molecule has 0 spiro atoms. The van der Waals surface area contributed by atoms with Crippen molar-refractivity contribution in [2.75, 3.05) is 18.0 Å². The van der Waals surface area contributed by atoms with E-state index in [1.54, 1.807) is 35.6 Å². The van der Waals surface area contributed by atoms with Crippen molar-refractivity contribution < 1.29 is 14.0 Å². The second-order valence-electron chi connectivity index (χ2n) is 6.22. The van der Waals surface area contributed by atoms with Crippen LogP contribution in [0.1, 0.15) is 15.9 Å². The van der Waals surface area contributed by atoms with Crippen LogP contribution in [-0.4, -0.2) is 39.6 Å². The largest absolute Gasteiger partial charge is 0.348 e. The fraction of sp³-hybridized carbons (Fsp3) is 0.158. The molecule has 1 saturated heterocycles. The van der Waals surface area contributed by atoms with Crippen LogP contribution >= 0.6 is 0 Å². The van der Waals surface area contributed by atoms with Gasteiger partial charge in [0.25, 0.3) is 5.91 Å². The molecule has 1 fully saturated rings. The molecule has 0 aliphatic carbocycles. The fourth-order valence-corrected chi connectivity index (χ4v) is 2.92. The zero-order valence-electron chi connectivity index (χ0n) is 14.8. The molecule has 1 aromatic carbocycles. The lowest BCUT2D eigenvalue weighted by Gasteiger charge is -2.15. The molecule has 2 aromatic heterocycles. The van der Waals surface area contributed by atoms with E-state index in [0.717, 1.165) is 5.56 Å². The smallest absolute Gasteiger partial charge is 0.321 e. The van der Waals surface area contributed by atoms with Crippen molar-refractivity contribution in [3.05, 3.63) is 72.2 Å². The Hall–Kier alpha value is -3.75. The van der Waals surface area contributed by atoms with Crippen LogP contribution in [0, 0.1) is 5.82 Å². The van der Waals surface area contributed by atoms with E-state index in [1.807, 2.05) is 6.07 Å². The Bertz CT molecular complexity index is 1000. The molecule has 0 atom stereocenters. The number of rotatable bonds is 5. The monoisotopic (exact) mass is 380 g/mol. The maximum atomic E-state index is 14.1. The van der Waals surface area contributed by atoms with Gasteiger partial charge in [0.1, 0.15) is 18.0 Å². The molecular weight excluding hydrogens is 363 g/mol. The molecule has 28 heavy (non-hydrogen) atoms. The van der Waals surface area contributed by atoms with Gasteiger partial charge in [-0.15, -0.1) is 0 Å². The van der Waals surface area contributed by atoms with Crippen LogP contribution in [0.2, 0.25) is 0 Å². The number of benzene rings is 1. The molecular formula is C19H17FN6O2. The summed E-state index contributed by atoms with van der Waals surface area (Å²) in [7, 11) is 0. The first-order valence-corrected chi connectivity index (χ1v) is 8.68. The van der Waals surface area contributed by atoms with Gasteiger partial charge in [-0.1, -0.05) is 6.07 Å². The molecule has 8 nitrogen and oxygen atoms in total. The van der Waals surface area contributed by atoms with E-state index >= 15 is 0 Å². The molecule has 0 bridgehead atoms. The zero-order valence-corrected chi connectivity index (χ0v) is 14.8. The van der Waals surface area contributed by atoms with Crippen LogP contribution in [0.4, 0.5) is 14.9 Å². The normalized spacial score (nSPS) is 13.5. The average molecular weight is 380 g/mol. The van der Waals surface area contributed by atoms with Crippen molar-refractivity contribution in [2.24, 2.45) is 0 Å². The highest BCUT2D eigenvalue weighted by Gasteiger charge is 2.23. The molecule has 1 aliphatic heterocycles. The van der Waals surface area contributed by atoms with Crippen molar-refractivity contribution >= 4 is 17.6 Å². The Balaban J connectivity index is 1.44. The van der Waals surface area contributed by atoms with Crippen LogP contribution in [0.15, 0.2) is 55.2 Å². The minimum Gasteiger partial charge on any atom is -0.348 e. The molecule has 0 radical (unpaired) electrons. The van der Waals surface area contributed by atoms with E-state index < -0.39 is 11.7 Å². The standard InChI is InChI=1S/C19H17FN6O2/c20-16-3-2-14(26-8-6-22-19(26)28)9-15(16)18(27)24-11-13-1-4-17(23-10-13)25-7-5-21-12-25/h1-5,7,9-10,12H,6,8,11H2,(H,22,28)(H,24,27). The highest BCUT2D eigenvalue weighted by molar-refractivity contribution is 5.98. The van der Waals surface area contributed by atoms with E-state index in [0.29, 0.717) is 24.6 Å². The molecule has 0 saturated carbocycles. The van der Waals surface area contributed by atoms with Crippen LogP contribution in [0.3, 0.4) is 0 Å². The molecule has 0 unspecified atom stereocenters. The fourth-order valence-electron chi connectivity index (χ4n) is 2.92. The van der Waals surface area contributed by atoms with Gasteiger partial charge < -0.3 is 10.6 Å². The second-order valence-corrected chi connectivity index (χ2v) is 6.22. The van der Waals surface area contributed by atoms with E-state index in [-0.39, 0.29) is 18.1 Å². The van der Waals surface area contributed by atoms with Crippen molar-refractivity contribution in [2.45, 2.75) is 6.54 Å². The highest BCUT2D eigenvalue weighted by Crippen LogP contribution is 2.20. The molecule has 3 amide bonds. The summed E-state index contributed by atoms with van der Waals surface area (Å²) in [6.07, 6.45) is 6.71. The summed E-state index contributed by atoms with van der Waals surface area (Å²) >= 11 is 0. The van der Waals surface area contributed by atoms with Crippen LogP contribution in [0.25, 0.3) is 5.82 Å². The molecule has 2 N–H and O–H groups in total. The Morgan fingerprint density at radius 1 is 1.29 bits per heavy atom. The molecule has 3 aromatic rings. The number of pyridine rings is 1. The number of carbonyl (C=O) groups is 2. The Morgan fingerprint density at radius 3 is 2.86 bits per heavy atom. The predicted octanol–water partition coefficient (Wildman–Crippen LogP) is 1.87. The summed E-state index contributed by atoms with van der Waals surface area (Å²) in [6, 6.07) is 7.42. The lowest BCUT2D eigenvalue weighted by molar-refractivity contribution is 0.0947. The molecule has 9 heteroatoms. The predicted molar refractivity (Wildman–Crippen MR) is 99.7 cm³/mol. The first-order chi connectivity index (χ1) is 13.6. The van der Waals surface area contributed by atoms with Crippen molar-refractivity contribution in [3.8, 4) is 5.82 Å². The SMILES string of the molecule is O=C(NCc1ccc(-n2ccnc2)nc1)c1cc(N2CCNC2=O)ccc1F. The van der Waals surface area contributed by atoms with Crippen LogP contribution < -0.4 is 15.5 Å². The number of nitrogens with zero attached hydrogens (tertiary/aromatic N) is 4. The first kappa shape index (κ1) is 17.7. The summed E-state index contributed by atoms with van der Waals surface area (Å²) in [5, 5.41) is 5.35. The number of imidazole rings is 1. The van der Waals surface area contributed by atoms with E-state index in [4.69, 9.17) is 0 Å². The van der Waals surface area contributed by atoms with Gasteiger partial charge >= 0.3 is 6.03 Å². The summed E-state index contributed by atoms with van der Waals surface area (Å²) in [5.41, 5.74) is 1.14. The molecule has 142 valence electrons. The molecule has 1 aliphatic rings. The molecule has 3 heterocycles. The Labute approximate surface area is 160 Å². The third kappa shape index (κ3) is 3.54. The van der Waals surface area contributed by atoms with Crippen LogP contribution in [0.5, 0.6) is 0 Å².